The van der Waals surface area contributed by atoms with Gasteiger partial charge < -0.3 is 10.3 Å². The highest BCUT2D eigenvalue weighted by atomic mass is 16.1. The van der Waals surface area contributed by atoms with Crippen molar-refractivity contribution in [1.29, 1.82) is 0 Å². The average Bonchev–Trinajstić information content (AvgIpc) is 2.86. The molecule has 4 heteroatoms. The number of nitrogens with one attached hydrogen (secondary N) is 2. The van der Waals surface area contributed by atoms with Gasteiger partial charge in [0.15, 0.2) is 11.6 Å². The SMILES string of the molecule is CC(=O)c1c(C)[nH]c(C(=O)[C@@H](C)N[C@@H](c2ccccc2)C(C)C)c1C. The largest absolute Gasteiger partial charge is 0.355 e. The van der Waals surface area contributed by atoms with Crippen molar-refractivity contribution in [1.82, 2.24) is 10.3 Å². The minimum absolute atomic E-state index is 0.0183. The monoisotopic (exact) mass is 340 g/mol. The van der Waals surface area contributed by atoms with Crippen LogP contribution in [0.4, 0.5) is 0 Å². The Hall–Kier alpha value is -2.20. The molecule has 0 aliphatic heterocycles. The predicted octanol–water partition coefficient (Wildman–Crippen LogP) is 4.39. The molecule has 1 aromatic carbocycles. The molecule has 134 valence electrons. The maximum Gasteiger partial charge on any atom is 0.195 e. The molecule has 0 saturated carbocycles. The van der Waals surface area contributed by atoms with Crippen molar-refractivity contribution in [3.8, 4) is 0 Å². The second-order valence-electron chi connectivity index (χ2n) is 7.07. The van der Waals surface area contributed by atoms with E-state index in [2.05, 4.69) is 36.3 Å². The van der Waals surface area contributed by atoms with Crippen molar-refractivity contribution in [3.05, 3.63) is 58.4 Å². The number of hydrogen-bond acceptors (Lipinski definition) is 3. The van der Waals surface area contributed by atoms with Gasteiger partial charge in [-0.3, -0.25) is 9.59 Å². The topological polar surface area (TPSA) is 62.0 Å². The summed E-state index contributed by atoms with van der Waals surface area (Å²) in [7, 11) is 0. The van der Waals surface area contributed by atoms with Crippen LogP contribution in [0.3, 0.4) is 0 Å². The lowest BCUT2D eigenvalue weighted by Crippen LogP contribution is -2.39. The van der Waals surface area contributed by atoms with E-state index in [0.717, 1.165) is 11.3 Å². The maximum absolute atomic E-state index is 12.9. The summed E-state index contributed by atoms with van der Waals surface area (Å²) in [4.78, 5) is 27.8. The highest BCUT2D eigenvalue weighted by molar-refractivity contribution is 6.05. The van der Waals surface area contributed by atoms with Crippen molar-refractivity contribution < 1.29 is 9.59 Å². The molecule has 25 heavy (non-hydrogen) atoms. The third-order valence-electron chi connectivity index (χ3n) is 4.68. The lowest BCUT2D eigenvalue weighted by Gasteiger charge is -2.26. The van der Waals surface area contributed by atoms with Crippen LogP contribution in [-0.2, 0) is 0 Å². The average molecular weight is 340 g/mol. The van der Waals surface area contributed by atoms with E-state index in [9.17, 15) is 9.59 Å². The van der Waals surface area contributed by atoms with Gasteiger partial charge in [0.25, 0.3) is 0 Å². The van der Waals surface area contributed by atoms with Gasteiger partial charge in [0.05, 0.1) is 11.7 Å². The first-order chi connectivity index (χ1) is 11.7. The molecule has 0 saturated heterocycles. The summed E-state index contributed by atoms with van der Waals surface area (Å²) in [6.07, 6.45) is 0. The van der Waals surface area contributed by atoms with Crippen LogP contribution in [0.25, 0.3) is 0 Å². The zero-order chi connectivity index (χ0) is 18.7. The third-order valence-corrected chi connectivity index (χ3v) is 4.68. The van der Waals surface area contributed by atoms with Gasteiger partial charge >= 0.3 is 0 Å². The number of aryl methyl sites for hydroxylation is 1. The molecular formula is C21H28N2O2. The maximum atomic E-state index is 12.9. The molecule has 1 aromatic heterocycles. The zero-order valence-corrected chi connectivity index (χ0v) is 15.9. The molecule has 2 rings (SSSR count). The summed E-state index contributed by atoms with van der Waals surface area (Å²) < 4.78 is 0. The fraction of sp³-hybridized carbons (Fsp3) is 0.429. The van der Waals surface area contributed by atoms with E-state index >= 15 is 0 Å². The van der Waals surface area contributed by atoms with Crippen LogP contribution in [0, 0.1) is 19.8 Å². The molecule has 0 aliphatic carbocycles. The minimum atomic E-state index is -0.357. The number of carbonyl (C=O) groups is 2. The van der Waals surface area contributed by atoms with Gasteiger partial charge in [0.2, 0.25) is 0 Å². The van der Waals surface area contributed by atoms with Crippen molar-refractivity contribution in [3.63, 3.8) is 0 Å². The fourth-order valence-electron chi connectivity index (χ4n) is 3.42. The zero-order valence-electron chi connectivity index (χ0n) is 15.9. The molecular weight excluding hydrogens is 312 g/mol. The van der Waals surface area contributed by atoms with Crippen molar-refractivity contribution in [2.45, 2.75) is 53.6 Å². The third kappa shape index (κ3) is 4.07. The molecule has 0 unspecified atom stereocenters. The van der Waals surface area contributed by atoms with Gasteiger partial charge in [-0.15, -0.1) is 0 Å². The highest BCUT2D eigenvalue weighted by Crippen LogP contribution is 2.24. The summed E-state index contributed by atoms with van der Waals surface area (Å²) in [6.45, 7) is 11.4. The smallest absolute Gasteiger partial charge is 0.195 e. The molecule has 0 aliphatic rings. The molecule has 2 atom stereocenters. The minimum Gasteiger partial charge on any atom is -0.355 e. The first-order valence-corrected chi connectivity index (χ1v) is 8.79. The fourth-order valence-corrected chi connectivity index (χ4v) is 3.42. The summed E-state index contributed by atoms with van der Waals surface area (Å²) in [6, 6.07) is 9.89. The Kier molecular flexibility index (Phi) is 5.96. The number of H-pyrrole nitrogens is 1. The van der Waals surface area contributed by atoms with E-state index in [4.69, 9.17) is 0 Å². The van der Waals surface area contributed by atoms with E-state index < -0.39 is 0 Å². The molecule has 0 spiro atoms. The Balaban J connectivity index is 2.25. The number of benzene rings is 1. The van der Waals surface area contributed by atoms with Crippen LogP contribution in [0.2, 0.25) is 0 Å². The molecule has 2 aromatic rings. The second kappa shape index (κ2) is 7.79. The van der Waals surface area contributed by atoms with Crippen LogP contribution >= 0.6 is 0 Å². The number of Topliss-reactive ketones (excluding diaryl/α,β-unsaturated/α-hetero) is 2. The van der Waals surface area contributed by atoms with E-state index in [1.165, 1.54) is 12.5 Å². The normalized spacial score (nSPS) is 13.7. The highest BCUT2D eigenvalue weighted by Gasteiger charge is 2.26. The number of hydrogen-bond donors (Lipinski definition) is 2. The van der Waals surface area contributed by atoms with Gasteiger partial charge in [-0.25, -0.2) is 0 Å². The van der Waals surface area contributed by atoms with E-state index in [-0.39, 0.29) is 23.7 Å². The van der Waals surface area contributed by atoms with E-state index in [1.807, 2.05) is 39.0 Å². The van der Waals surface area contributed by atoms with Crippen LogP contribution in [-0.4, -0.2) is 22.6 Å². The summed E-state index contributed by atoms with van der Waals surface area (Å²) in [5, 5.41) is 3.46. The van der Waals surface area contributed by atoms with Crippen LogP contribution in [0.1, 0.15) is 71.4 Å². The van der Waals surface area contributed by atoms with Crippen LogP contribution in [0.5, 0.6) is 0 Å². The van der Waals surface area contributed by atoms with Gasteiger partial charge in [-0.05, 0) is 44.7 Å². The Morgan fingerprint density at radius 1 is 1.04 bits per heavy atom. The van der Waals surface area contributed by atoms with Gasteiger partial charge in [0, 0.05) is 17.3 Å². The summed E-state index contributed by atoms with van der Waals surface area (Å²) in [5.74, 6) is 0.307. The first kappa shape index (κ1) is 19.1. The van der Waals surface area contributed by atoms with Crippen molar-refractivity contribution >= 4 is 11.6 Å². The predicted molar refractivity (Wildman–Crippen MR) is 101 cm³/mol. The number of rotatable bonds is 7. The molecule has 4 nitrogen and oxygen atoms in total. The van der Waals surface area contributed by atoms with Crippen molar-refractivity contribution in [2.75, 3.05) is 0 Å². The van der Waals surface area contributed by atoms with Crippen molar-refractivity contribution in [2.24, 2.45) is 5.92 Å². The standard InChI is InChI=1S/C21H28N2O2/c1-12(2)19(17-10-8-7-9-11-17)23-15(5)21(25)20-13(3)18(16(6)24)14(4)22-20/h7-12,15,19,22-23H,1-6H3/t15-,19-/m1/s1. The molecule has 1 heterocycles. The molecule has 0 amide bonds. The number of aromatic amines is 1. The number of aromatic nitrogens is 1. The van der Waals surface area contributed by atoms with Crippen LogP contribution in [0.15, 0.2) is 30.3 Å². The van der Waals surface area contributed by atoms with Gasteiger partial charge in [0.1, 0.15) is 0 Å². The summed E-state index contributed by atoms with van der Waals surface area (Å²) >= 11 is 0. The molecule has 0 bridgehead atoms. The quantitative estimate of drug-likeness (QED) is 0.735. The number of carbonyl (C=O) groups excluding carboxylic acids is 2. The molecule has 2 N–H and O–H groups in total. The Morgan fingerprint density at radius 2 is 1.64 bits per heavy atom. The van der Waals surface area contributed by atoms with Gasteiger partial charge in [-0.2, -0.15) is 0 Å². The van der Waals surface area contributed by atoms with E-state index in [0.29, 0.717) is 17.2 Å². The Morgan fingerprint density at radius 3 is 2.12 bits per heavy atom. The lowest BCUT2D eigenvalue weighted by atomic mass is 9.94. The van der Waals surface area contributed by atoms with Gasteiger partial charge in [-0.1, -0.05) is 44.2 Å². The Labute approximate surface area is 150 Å². The molecule has 0 fully saturated rings. The number of ketones is 2. The second-order valence-corrected chi connectivity index (χ2v) is 7.07. The van der Waals surface area contributed by atoms with Crippen LogP contribution < -0.4 is 5.32 Å². The summed E-state index contributed by atoms with van der Waals surface area (Å²) in [5.41, 5.74) is 3.81. The van der Waals surface area contributed by atoms with E-state index in [1.54, 1.807) is 0 Å². The first-order valence-electron chi connectivity index (χ1n) is 8.79. The lowest BCUT2D eigenvalue weighted by molar-refractivity contribution is 0.0934. The molecule has 0 radical (unpaired) electrons. The Bertz CT molecular complexity index is 760.